The SMILES string of the molecule is [2H][C@H](N)C([2H])([2H])C([2H])([2H])[C@H]([2H])[C@H](N)C(=O)O. The van der Waals surface area contributed by atoms with Gasteiger partial charge in [-0.3, -0.25) is 4.79 Å². The van der Waals surface area contributed by atoms with Crippen LogP contribution in [0.5, 0.6) is 0 Å². The van der Waals surface area contributed by atoms with Gasteiger partial charge < -0.3 is 16.6 Å². The third-order valence-electron chi connectivity index (χ3n) is 0.715. The van der Waals surface area contributed by atoms with Gasteiger partial charge >= 0.3 is 5.97 Å². The minimum atomic E-state index is -2.94. The summed E-state index contributed by atoms with van der Waals surface area (Å²) >= 11 is 0. The molecule has 0 unspecified atom stereocenters. The van der Waals surface area contributed by atoms with E-state index in [1.807, 2.05) is 0 Å². The molecule has 3 atom stereocenters. The van der Waals surface area contributed by atoms with Crippen molar-refractivity contribution in [1.29, 1.82) is 0 Å². The van der Waals surface area contributed by atoms with Crippen LogP contribution in [-0.4, -0.2) is 23.6 Å². The highest BCUT2D eigenvalue weighted by atomic mass is 16.4. The summed E-state index contributed by atoms with van der Waals surface area (Å²) in [6.45, 7) is -1.93. The van der Waals surface area contributed by atoms with E-state index in [0.717, 1.165) is 0 Å². The lowest BCUT2D eigenvalue weighted by atomic mass is 10.1. The molecule has 0 aromatic rings. The van der Waals surface area contributed by atoms with Crippen molar-refractivity contribution in [3.8, 4) is 0 Å². The monoisotopic (exact) mass is 152 g/mol. The van der Waals surface area contributed by atoms with Crippen molar-refractivity contribution in [2.45, 2.75) is 25.2 Å². The molecule has 0 radical (unpaired) electrons. The quantitative estimate of drug-likeness (QED) is 0.496. The van der Waals surface area contributed by atoms with E-state index < -0.39 is 37.7 Å². The van der Waals surface area contributed by atoms with Crippen LogP contribution in [0.1, 0.15) is 27.4 Å². The first-order chi connectivity index (χ1) is 6.96. The summed E-state index contributed by atoms with van der Waals surface area (Å²) in [6, 6.07) is -1.89. The second kappa shape index (κ2) is 5.20. The molecule has 5 N–H and O–H groups in total. The number of carboxylic acids is 1. The van der Waals surface area contributed by atoms with Gasteiger partial charge in [-0.2, -0.15) is 0 Å². The van der Waals surface area contributed by atoms with Gasteiger partial charge in [0.25, 0.3) is 0 Å². The summed E-state index contributed by atoms with van der Waals surface area (Å²) < 4.78 is 43.5. The van der Waals surface area contributed by atoms with Crippen LogP contribution >= 0.6 is 0 Å². The van der Waals surface area contributed by atoms with Gasteiger partial charge in [0.2, 0.25) is 0 Å². The third kappa shape index (κ3) is 4.29. The molecular formula is C6H14N2O2. The van der Waals surface area contributed by atoms with Crippen molar-refractivity contribution >= 4 is 5.97 Å². The van der Waals surface area contributed by atoms with Gasteiger partial charge in [-0.25, -0.2) is 0 Å². The van der Waals surface area contributed by atoms with Crippen molar-refractivity contribution in [1.82, 2.24) is 0 Å². The summed E-state index contributed by atoms with van der Waals surface area (Å²) in [5.74, 6) is -1.61. The van der Waals surface area contributed by atoms with Crippen LogP contribution in [-0.2, 0) is 4.79 Å². The molecule has 0 aliphatic rings. The number of aliphatic carboxylic acids is 1. The third-order valence-corrected chi connectivity index (χ3v) is 0.715. The molecule has 0 aromatic heterocycles. The van der Waals surface area contributed by atoms with E-state index in [1.54, 1.807) is 0 Å². The van der Waals surface area contributed by atoms with Crippen LogP contribution in [0, 0.1) is 0 Å². The Labute approximate surface area is 68.6 Å². The number of hydrogen-bond donors (Lipinski definition) is 3. The van der Waals surface area contributed by atoms with E-state index in [9.17, 15) is 4.79 Å². The molecule has 0 saturated carbocycles. The minimum absolute atomic E-state index is 1.61. The Morgan fingerprint density at radius 1 is 1.70 bits per heavy atom. The molecule has 0 spiro atoms. The van der Waals surface area contributed by atoms with Crippen LogP contribution in [0.2, 0.25) is 0 Å². The first kappa shape index (κ1) is 3.19. The fraction of sp³-hybridized carbons (Fsp3) is 0.833. The Kier molecular flexibility index (Phi) is 1.66. The zero-order valence-electron chi connectivity index (χ0n) is 11.2. The molecule has 0 heterocycles. The van der Waals surface area contributed by atoms with Crippen LogP contribution < -0.4 is 11.5 Å². The predicted molar refractivity (Wildman–Crippen MR) is 38.5 cm³/mol. The van der Waals surface area contributed by atoms with E-state index in [4.69, 9.17) is 24.8 Å². The van der Waals surface area contributed by atoms with Gasteiger partial charge in [-0.15, -0.1) is 0 Å². The summed E-state index contributed by atoms with van der Waals surface area (Å²) in [7, 11) is 0. The maximum Gasteiger partial charge on any atom is 0.320 e. The summed E-state index contributed by atoms with van der Waals surface area (Å²) in [5, 5.41) is 8.51. The second-order valence-electron chi connectivity index (χ2n) is 1.49. The lowest BCUT2D eigenvalue weighted by Gasteiger charge is -2.03. The first-order valence-corrected chi connectivity index (χ1v) is 2.54. The van der Waals surface area contributed by atoms with Gasteiger partial charge in [0.1, 0.15) is 6.04 Å². The van der Waals surface area contributed by atoms with Crippen molar-refractivity contribution < 1.29 is 18.1 Å². The smallest absolute Gasteiger partial charge is 0.320 e. The van der Waals surface area contributed by atoms with Gasteiger partial charge in [0.05, 0.1) is 0 Å². The zero-order chi connectivity index (χ0) is 13.3. The molecule has 4 heteroatoms. The number of rotatable bonds is 5. The standard InChI is InChI=1S/C6H14N2O2/c7-4-2-1-3-5(8)6(9)10/h5H,1-4,7-8H2,(H,9,10)/t5-/m0/s1/i1D2,2D2,3D,4D/t3-,4-,5-. The highest BCUT2D eigenvalue weighted by molar-refractivity contribution is 5.72. The molecule has 60 valence electrons. The Morgan fingerprint density at radius 2 is 2.30 bits per heavy atom. The largest absolute Gasteiger partial charge is 0.480 e. The van der Waals surface area contributed by atoms with E-state index >= 15 is 0 Å². The van der Waals surface area contributed by atoms with Crippen LogP contribution in [0.15, 0.2) is 0 Å². The van der Waals surface area contributed by atoms with Crippen molar-refractivity contribution in [3.05, 3.63) is 0 Å². The fourth-order valence-electron chi connectivity index (χ4n) is 0.257. The van der Waals surface area contributed by atoms with E-state index in [0.29, 0.717) is 0 Å². The van der Waals surface area contributed by atoms with Gasteiger partial charge in [0, 0.05) is 8.22 Å². The lowest BCUT2D eigenvalue weighted by Crippen LogP contribution is -2.29. The van der Waals surface area contributed by atoms with Crippen molar-refractivity contribution in [2.24, 2.45) is 11.5 Å². The number of carbonyl (C=O) groups is 1. The van der Waals surface area contributed by atoms with E-state index in [2.05, 4.69) is 0 Å². The van der Waals surface area contributed by atoms with Crippen molar-refractivity contribution in [3.63, 3.8) is 0 Å². The number of carboxylic acid groups (broad SMARTS) is 1. The molecule has 0 fully saturated rings. The summed E-state index contributed by atoms with van der Waals surface area (Å²) in [4.78, 5) is 10.5. The van der Waals surface area contributed by atoms with Gasteiger partial charge in [-0.1, -0.05) is 6.37 Å². The number of nitrogens with two attached hydrogens (primary N) is 2. The zero-order valence-corrected chi connectivity index (χ0v) is 5.24. The van der Waals surface area contributed by atoms with E-state index in [-0.39, 0.29) is 0 Å². The Bertz CT molecular complexity index is 272. The van der Waals surface area contributed by atoms with Gasteiger partial charge in [0.15, 0.2) is 0 Å². The molecule has 0 amide bonds. The van der Waals surface area contributed by atoms with Crippen LogP contribution in [0.3, 0.4) is 0 Å². The minimum Gasteiger partial charge on any atom is -0.480 e. The molecule has 0 bridgehead atoms. The molecule has 0 aliphatic heterocycles. The van der Waals surface area contributed by atoms with Gasteiger partial charge in [-0.05, 0) is 19.3 Å². The lowest BCUT2D eigenvalue weighted by molar-refractivity contribution is -0.138. The Hall–Kier alpha value is -0.610. The molecule has 0 saturated heterocycles. The molecular weight excluding hydrogens is 132 g/mol. The molecule has 4 nitrogen and oxygen atoms in total. The first-order valence-electron chi connectivity index (χ1n) is 5.70. The second-order valence-corrected chi connectivity index (χ2v) is 1.49. The Morgan fingerprint density at radius 3 is 2.70 bits per heavy atom. The molecule has 0 rings (SSSR count). The van der Waals surface area contributed by atoms with Crippen LogP contribution in [0.4, 0.5) is 0 Å². The average molecular weight is 152 g/mol. The maximum atomic E-state index is 10.5. The van der Waals surface area contributed by atoms with E-state index in [1.165, 1.54) is 0 Å². The fourth-order valence-corrected chi connectivity index (χ4v) is 0.257. The summed E-state index contributed by atoms with van der Waals surface area (Å²) in [5.41, 5.74) is 10.00. The molecule has 0 aliphatic carbocycles. The highest BCUT2D eigenvalue weighted by Crippen LogP contribution is 1.96. The maximum absolute atomic E-state index is 10.5. The number of hydrogen-bond acceptors (Lipinski definition) is 3. The Balaban J connectivity index is 5.12. The molecule has 0 aromatic carbocycles. The van der Waals surface area contributed by atoms with Crippen molar-refractivity contribution in [2.75, 3.05) is 6.52 Å². The topological polar surface area (TPSA) is 89.3 Å². The average Bonchev–Trinajstić information content (AvgIpc) is 2.14. The van der Waals surface area contributed by atoms with Crippen LogP contribution in [0.25, 0.3) is 0 Å². The summed E-state index contributed by atoms with van der Waals surface area (Å²) in [6.07, 6.45) is -7.87. The molecule has 10 heavy (non-hydrogen) atoms. The normalized spacial score (nSPS) is 31.0. The predicted octanol–water partition coefficient (Wildman–Crippen LogP) is -0.473. The highest BCUT2D eigenvalue weighted by Gasteiger charge is 2.09.